The van der Waals surface area contributed by atoms with Gasteiger partial charge >= 0.3 is 0 Å². The molecule has 1 fully saturated rings. The van der Waals surface area contributed by atoms with E-state index >= 15 is 0 Å². The Hall–Kier alpha value is -2.27. The first-order valence-corrected chi connectivity index (χ1v) is 9.20. The van der Waals surface area contributed by atoms with E-state index in [2.05, 4.69) is 27.4 Å². The molecule has 24 heavy (non-hydrogen) atoms. The van der Waals surface area contributed by atoms with Crippen LogP contribution in [-0.4, -0.2) is 21.6 Å². The van der Waals surface area contributed by atoms with Crippen molar-refractivity contribution >= 4 is 28.7 Å². The number of rotatable bonds is 6. The molecule has 1 unspecified atom stereocenters. The summed E-state index contributed by atoms with van der Waals surface area (Å²) in [6, 6.07) is 18.3. The Labute approximate surface area is 145 Å². The number of hydrogen-bond acceptors (Lipinski definition) is 3. The van der Waals surface area contributed by atoms with Gasteiger partial charge in [-0.15, -0.1) is 0 Å². The summed E-state index contributed by atoms with van der Waals surface area (Å²) in [5.74, 6) is 1.00. The van der Waals surface area contributed by atoms with Gasteiger partial charge in [-0.25, -0.2) is 4.98 Å². The molecule has 1 aliphatic carbocycles. The van der Waals surface area contributed by atoms with Crippen LogP contribution in [0.15, 0.2) is 59.8 Å². The lowest BCUT2D eigenvalue weighted by Gasteiger charge is -2.18. The number of nitrogens with zero attached hydrogens (tertiary/aromatic N) is 1. The summed E-state index contributed by atoms with van der Waals surface area (Å²) in [5, 5.41) is 3.98. The molecule has 0 saturated heterocycles. The van der Waals surface area contributed by atoms with Crippen LogP contribution in [0.5, 0.6) is 0 Å². The van der Waals surface area contributed by atoms with Gasteiger partial charge in [-0.05, 0) is 36.5 Å². The van der Waals surface area contributed by atoms with Crippen molar-refractivity contribution in [2.75, 3.05) is 5.75 Å². The molecule has 1 saturated carbocycles. The summed E-state index contributed by atoms with van der Waals surface area (Å²) in [7, 11) is 0. The van der Waals surface area contributed by atoms with Gasteiger partial charge in [0.25, 0.3) is 0 Å². The fourth-order valence-electron chi connectivity index (χ4n) is 2.91. The minimum absolute atomic E-state index is 0.0567. The molecular weight excluding hydrogens is 318 g/mol. The Morgan fingerprint density at radius 3 is 2.67 bits per heavy atom. The van der Waals surface area contributed by atoms with Gasteiger partial charge in [0.15, 0.2) is 5.16 Å². The topological polar surface area (TPSA) is 57.8 Å². The van der Waals surface area contributed by atoms with Crippen LogP contribution in [0, 0.1) is 5.92 Å². The highest BCUT2D eigenvalue weighted by Crippen LogP contribution is 2.41. The molecule has 0 bridgehead atoms. The number of fused-ring (bicyclic) bond motifs is 1. The van der Waals surface area contributed by atoms with Crippen molar-refractivity contribution in [3.63, 3.8) is 0 Å². The van der Waals surface area contributed by atoms with Crippen LogP contribution < -0.4 is 5.32 Å². The van der Waals surface area contributed by atoms with Gasteiger partial charge in [0, 0.05) is 0 Å². The van der Waals surface area contributed by atoms with Crippen molar-refractivity contribution in [3.05, 3.63) is 60.2 Å². The normalized spacial score (nSPS) is 15.3. The van der Waals surface area contributed by atoms with E-state index in [-0.39, 0.29) is 11.9 Å². The molecular formula is C19H19N3OS. The van der Waals surface area contributed by atoms with Gasteiger partial charge in [0.2, 0.25) is 5.91 Å². The number of amides is 1. The predicted molar refractivity (Wildman–Crippen MR) is 96.9 cm³/mol. The number of aromatic nitrogens is 2. The second kappa shape index (κ2) is 6.69. The van der Waals surface area contributed by atoms with Crippen LogP contribution in [0.2, 0.25) is 0 Å². The minimum Gasteiger partial charge on any atom is -0.348 e. The monoisotopic (exact) mass is 337 g/mol. The lowest BCUT2D eigenvalue weighted by atomic mass is 10.0. The maximum absolute atomic E-state index is 12.4. The van der Waals surface area contributed by atoms with Gasteiger partial charge in [-0.1, -0.05) is 54.2 Å². The predicted octanol–water partition coefficient (Wildman–Crippen LogP) is 3.92. The molecule has 1 heterocycles. The highest BCUT2D eigenvalue weighted by molar-refractivity contribution is 7.99. The first-order valence-electron chi connectivity index (χ1n) is 8.21. The van der Waals surface area contributed by atoms with Gasteiger partial charge in [0.1, 0.15) is 0 Å². The van der Waals surface area contributed by atoms with Crippen molar-refractivity contribution in [1.82, 2.24) is 15.3 Å². The molecule has 1 aliphatic rings. The zero-order chi connectivity index (χ0) is 16.4. The molecule has 4 rings (SSSR count). The summed E-state index contributed by atoms with van der Waals surface area (Å²) >= 11 is 1.44. The number of aromatic amines is 1. The molecule has 0 spiro atoms. The van der Waals surface area contributed by atoms with E-state index in [1.165, 1.54) is 30.2 Å². The van der Waals surface area contributed by atoms with Crippen LogP contribution in [0.1, 0.15) is 24.4 Å². The summed E-state index contributed by atoms with van der Waals surface area (Å²) < 4.78 is 0. The van der Waals surface area contributed by atoms with Gasteiger partial charge < -0.3 is 10.3 Å². The molecule has 1 amide bonds. The third-order valence-electron chi connectivity index (χ3n) is 4.28. The summed E-state index contributed by atoms with van der Waals surface area (Å²) in [4.78, 5) is 20.1. The second-order valence-corrected chi connectivity index (χ2v) is 7.11. The Balaban J connectivity index is 1.38. The number of benzene rings is 2. The van der Waals surface area contributed by atoms with E-state index in [9.17, 15) is 4.79 Å². The SMILES string of the molecule is O=C(CSc1nc2ccccc2[nH]1)NC(c1ccccc1)C1CC1. The average molecular weight is 337 g/mol. The minimum atomic E-state index is 0.0567. The molecule has 2 aromatic carbocycles. The third kappa shape index (κ3) is 3.46. The van der Waals surface area contributed by atoms with Crippen molar-refractivity contribution in [2.45, 2.75) is 24.0 Å². The number of nitrogens with one attached hydrogen (secondary N) is 2. The Kier molecular flexibility index (Phi) is 4.26. The molecule has 122 valence electrons. The standard InChI is InChI=1S/C19H19N3OS/c23-17(12-24-19-20-15-8-4-5-9-16(15)21-19)22-18(14-10-11-14)13-6-2-1-3-7-13/h1-9,14,18H,10-12H2,(H,20,21)(H,22,23). The fraction of sp³-hybridized carbons (Fsp3) is 0.263. The maximum atomic E-state index is 12.4. The number of hydrogen-bond donors (Lipinski definition) is 2. The molecule has 2 N–H and O–H groups in total. The van der Waals surface area contributed by atoms with E-state index in [1.54, 1.807) is 0 Å². The zero-order valence-electron chi connectivity index (χ0n) is 13.2. The average Bonchev–Trinajstić information content (AvgIpc) is 3.37. The molecule has 4 nitrogen and oxygen atoms in total. The largest absolute Gasteiger partial charge is 0.348 e. The van der Waals surface area contributed by atoms with Crippen molar-refractivity contribution in [1.29, 1.82) is 0 Å². The summed E-state index contributed by atoms with van der Waals surface area (Å²) in [5.41, 5.74) is 3.13. The van der Waals surface area contributed by atoms with E-state index < -0.39 is 0 Å². The zero-order valence-corrected chi connectivity index (χ0v) is 14.1. The smallest absolute Gasteiger partial charge is 0.230 e. The first-order chi connectivity index (χ1) is 11.8. The number of carbonyl (C=O) groups is 1. The first kappa shape index (κ1) is 15.3. The van der Waals surface area contributed by atoms with Crippen LogP contribution in [-0.2, 0) is 4.79 Å². The number of para-hydroxylation sites is 2. The van der Waals surface area contributed by atoms with Crippen molar-refractivity contribution < 1.29 is 4.79 Å². The van der Waals surface area contributed by atoms with Crippen molar-refractivity contribution in [2.24, 2.45) is 5.92 Å². The number of carbonyl (C=O) groups excluding carboxylic acids is 1. The Morgan fingerprint density at radius 2 is 1.92 bits per heavy atom. The van der Waals surface area contributed by atoms with Gasteiger partial charge in [0.05, 0.1) is 22.8 Å². The molecule has 0 aliphatic heterocycles. The fourth-order valence-corrected chi connectivity index (χ4v) is 3.61. The molecule has 5 heteroatoms. The summed E-state index contributed by atoms with van der Waals surface area (Å²) in [6.45, 7) is 0. The third-order valence-corrected chi connectivity index (χ3v) is 5.15. The van der Waals surface area contributed by atoms with E-state index in [0.717, 1.165) is 16.2 Å². The van der Waals surface area contributed by atoms with Gasteiger partial charge in [-0.3, -0.25) is 4.79 Å². The lowest BCUT2D eigenvalue weighted by molar-refractivity contribution is -0.119. The number of H-pyrrole nitrogens is 1. The van der Waals surface area contributed by atoms with Crippen molar-refractivity contribution in [3.8, 4) is 0 Å². The van der Waals surface area contributed by atoms with E-state index in [0.29, 0.717) is 11.7 Å². The van der Waals surface area contributed by atoms with E-state index in [1.807, 2.05) is 42.5 Å². The maximum Gasteiger partial charge on any atom is 0.230 e. The number of thioether (sulfide) groups is 1. The molecule has 1 aromatic heterocycles. The Morgan fingerprint density at radius 1 is 1.17 bits per heavy atom. The molecule has 1 atom stereocenters. The highest BCUT2D eigenvalue weighted by atomic mass is 32.2. The van der Waals surface area contributed by atoms with Crippen LogP contribution in [0.4, 0.5) is 0 Å². The second-order valence-electron chi connectivity index (χ2n) is 6.14. The lowest BCUT2D eigenvalue weighted by Crippen LogP contribution is -2.31. The summed E-state index contributed by atoms with van der Waals surface area (Å²) in [6.07, 6.45) is 2.38. The van der Waals surface area contributed by atoms with Crippen LogP contribution in [0.3, 0.4) is 0 Å². The van der Waals surface area contributed by atoms with Crippen LogP contribution >= 0.6 is 11.8 Å². The van der Waals surface area contributed by atoms with E-state index in [4.69, 9.17) is 0 Å². The van der Waals surface area contributed by atoms with Gasteiger partial charge in [-0.2, -0.15) is 0 Å². The Bertz CT molecular complexity index is 809. The molecule has 0 radical (unpaired) electrons. The quantitative estimate of drug-likeness (QED) is 0.670. The molecule has 3 aromatic rings. The highest BCUT2D eigenvalue weighted by Gasteiger charge is 2.33. The van der Waals surface area contributed by atoms with Crippen LogP contribution in [0.25, 0.3) is 11.0 Å². The number of imidazole rings is 1.